The van der Waals surface area contributed by atoms with Crippen LogP contribution < -0.4 is 5.73 Å². The van der Waals surface area contributed by atoms with Gasteiger partial charge in [-0.05, 0) is 12.5 Å². The van der Waals surface area contributed by atoms with Gasteiger partial charge in [-0.2, -0.15) is 0 Å². The number of amides is 1. The molecule has 21 heavy (non-hydrogen) atoms. The standard InChI is InChI=1S/C15H17N3O2.ClH/c1-10-7-14(20-17-10)15(19)18-8-12(13(16)9-18)11-5-3-2-4-6-11;/h2-7,12-13H,8-9,16H2,1H3;1H/t12-,13+;/m0./s1. The van der Waals surface area contributed by atoms with Crippen molar-refractivity contribution < 1.29 is 9.32 Å². The molecule has 1 aliphatic rings. The van der Waals surface area contributed by atoms with Crippen LogP contribution >= 0.6 is 12.4 Å². The molecule has 6 heteroatoms. The fourth-order valence-electron chi connectivity index (χ4n) is 2.67. The molecule has 2 atom stereocenters. The highest BCUT2D eigenvalue weighted by molar-refractivity contribution is 5.91. The molecule has 2 heterocycles. The summed E-state index contributed by atoms with van der Waals surface area (Å²) in [5.41, 5.74) is 8.06. The Kier molecular flexibility index (Phi) is 4.65. The van der Waals surface area contributed by atoms with Crippen LogP contribution in [0.15, 0.2) is 40.9 Å². The Morgan fingerprint density at radius 2 is 2.05 bits per heavy atom. The molecule has 1 amide bonds. The minimum absolute atomic E-state index is 0. The molecular formula is C15H18ClN3O2. The van der Waals surface area contributed by atoms with Gasteiger partial charge in [0.1, 0.15) is 0 Å². The van der Waals surface area contributed by atoms with Crippen LogP contribution in [-0.2, 0) is 0 Å². The summed E-state index contributed by atoms with van der Waals surface area (Å²) in [6.45, 7) is 2.95. The minimum atomic E-state index is -0.139. The van der Waals surface area contributed by atoms with Crippen LogP contribution in [0.2, 0.25) is 0 Å². The van der Waals surface area contributed by atoms with Crippen molar-refractivity contribution in [3.63, 3.8) is 0 Å². The lowest BCUT2D eigenvalue weighted by Gasteiger charge is -2.14. The molecule has 0 saturated carbocycles. The zero-order chi connectivity index (χ0) is 14.1. The Labute approximate surface area is 129 Å². The summed E-state index contributed by atoms with van der Waals surface area (Å²) < 4.78 is 5.03. The number of halogens is 1. The molecule has 2 N–H and O–H groups in total. The monoisotopic (exact) mass is 307 g/mol. The molecule has 0 radical (unpaired) electrons. The lowest BCUT2D eigenvalue weighted by atomic mass is 9.95. The van der Waals surface area contributed by atoms with Crippen LogP contribution in [0, 0.1) is 6.92 Å². The third kappa shape index (κ3) is 3.09. The summed E-state index contributed by atoms with van der Waals surface area (Å²) in [6, 6.07) is 11.7. The maximum atomic E-state index is 12.3. The van der Waals surface area contributed by atoms with Crippen LogP contribution in [0.1, 0.15) is 27.7 Å². The average Bonchev–Trinajstić information content (AvgIpc) is 3.05. The number of nitrogens with zero attached hydrogens (tertiary/aromatic N) is 2. The zero-order valence-electron chi connectivity index (χ0n) is 11.7. The largest absolute Gasteiger partial charge is 0.351 e. The first-order valence-corrected chi connectivity index (χ1v) is 6.68. The summed E-state index contributed by atoms with van der Waals surface area (Å²) in [6.07, 6.45) is 0. The second-order valence-corrected chi connectivity index (χ2v) is 5.22. The van der Waals surface area contributed by atoms with Crippen molar-refractivity contribution in [1.82, 2.24) is 10.1 Å². The predicted molar refractivity (Wildman–Crippen MR) is 81.5 cm³/mol. The number of aromatic nitrogens is 1. The molecule has 112 valence electrons. The average molecular weight is 308 g/mol. The number of likely N-dealkylation sites (tertiary alicyclic amines) is 1. The van der Waals surface area contributed by atoms with Crippen LogP contribution in [0.4, 0.5) is 0 Å². The van der Waals surface area contributed by atoms with Crippen LogP contribution in [0.5, 0.6) is 0 Å². The molecular weight excluding hydrogens is 290 g/mol. The summed E-state index contributed by atoms with van der Waals surface area (Å²) in [5.74, 6) is 0.312. The maximum absolute atomic E-state index is 12.3. The first-order valence-electron chi connectivity index (χ1n) is 6.68. The fourth-order valence-corrected chi connectivity index (χ4v) is 2.67. The topological polar surface area (TPSA) is 72.4 Å². The van der Waals surface area contributed by atoms with Crippen LogP contribution in [0.25, 0.3) is 0 Å². The molecule has 0 spiro atoms. The number of nitrogens with two attached hydrogens (primary N) is 1. The zero-order valence-corrected chi connectivity index (χ0v) is 12.5. The minimum Gasteiger partial charge on any atom is -0.351 e. The van der Waals surface area contributed by atoms with Gasteiger partial charge in [-0.3, -0.25) is 4.79 Å². The highest BCUT2D eigenvalue weighted by atomic mass is 35.5. The van der Waals surface area contributed by atoms with E-state index < -0.39 is 0 Å². The van der Waals surface area contributed by atoms with Crippen molar-refractivity contribution in [2.24, 2.45) is 5.73 Å². The molecule has 5 nitrogen and oxygen atoms in total. The van der Waals surface area contributed by atoms with Gasteiger partial charge in [-0.25, -0.2) is 0 Å². The number of hydrogen-bond acceptors (Lipinski definition) is 4. The van der Waals surface area contributed by atoms with Crippen LogP contribution in [0.3, 0.4) is 0 Å². The van der Waals surface area contributed by atoms with E-state index in [0.29, 0.717) is 18.8 Å². The Bertz CT molecular complexity index is 614. The highest BCUT2D eigenvalue weighted by Crippen LogP contribution is 2.27. The molecule has 0 aliphatic carbocycles. The molecule has 1 aromatic carbocycles. The number of aryl methyl sites for hydroxylation is 1. The van der Waals surface area contributed by atoms with Crippen molar-refractivity contribution in [1.29, 1.82) is 0 Å². The second kappa shape index (κ2) is 6.28. The summed E-state index contributed by atoms with van der Waals surface area (Å²) in [5, 5.41) is 3.75. The fraction of sp³-hybridized carbons (Fsp3) is 0.333. The van der Waals surface area contributed by atoms with E-state index in [4.69, 9.17) is 10.3 Å². The maximum Gasteiger partial charge on any atom is 0.292 e. The third-order valence-electron chi connectivity index (χ3n) is 3.72. The van der Waals surface area contributed by atoms with Crippen molar-refractivity contribution in [2.45, 2.75) is 18.9 Å². The number of carbonyl (C=O) groups excluding carboxylic acids is 1. The molecule has 2 aromatic rings. The normalized spacial score (nSPS) is 21.1. The van der Waals surface area contributed by atoms with E-state index in [1.54, 1.807) is 17.9 Å². The first-order chi connectivity index (χ1) is 9.65. The van der Waals surface area contributed by atoms with Crippen LogP contribution in [-0.4, -0.2) is 35.1 Å². The Morgan fingerprint density at radius 3 is 2.67 bits per heavy atom. The SMILES string of the molecule is Cc1cc(C(=O)N2C[C@@H](N)[C@H](c3ccccc3)C2)on1.Cl. The Hall–Kier alpha value is -1.85. The molecule has 3 rings (SSSR count). The second-order valence-electron chi connectivity index (χ2n) is 5.22. The van der Waals surface area contributed by atoms with Gasteiger partial charge in [0.15, 0.2) is 0 Å². The molecule has 0 unspecified atom stereocenters. The predicted octanol–water partition coefficient (Wildman–Crippen LogP) is 1.97. The third-order valence-corrected chi connectivity index (χ3v) is 3.72. The van der Waals surface area contributed by atoms with Crippen molar-refractivity contribution in [3.8, 4) is 0 Å². The van der Waals surface area contributed by atoms with Crippen molar-refractivity contribution in [3.05, 3.63) is 53.4 Å². The Morgan fingerprint density at radius 1 is 1.33 bits per heavy atom. The molecule has 1 aromatic heterocycles. The van der Waals surface area contributed by atoms with Crippen molar-refractivity contribution >= 4 is 18.3 Å². The van der Waals surface area contributed by atoms with Gasteiger partial charge in [-0.1, -0.05) is 35.5 Å². The van der Waals surface area contributed by atoms with Gasteiger partial charge >= 0.3 is 0 Å². The van der Waals surface area contributed by atoms with E-state index in [1.807, 2.05) is 18.2 Å². The lowest BCUT2D eigenvalue weighted by molar-refractivity contribution is 0.0747. The van der Waals surface area contributed by atoms with Gasteiger partial charge in [0.2, 0.25) is 5.76 Å². The molecule has 1 aliphatic heterocycles. The molecule has 0 bridgehead atoms. The highest BCUT2D eigenvalue weighted by Gasteiger charge is 2.35. The molecule has 1 fully saturated rings. The molecule has 1 saturated heterocycles. The van der Waals surface area contributed by atoms with Gasteiger partial charge in [0.25, 0.3) is 5.91 Å². The number of carbonyl (C=O) groups is 1. The number of rotatable bonds is 2. The summed E-state index contributed by atoms with van der Waals surface area (Å²) in [7, 11) is 0. The van der Waals surface area contributed by atoms with Gasteiger partial charge in [-0.15, -0.1) is 12.4 Å². The number of hydrogen-bond donors (Lipinski definition) is 1. The van der Waals surface area contributed by atoms with Crippen molar-refractivity contribution in [2.75, 3.05) is 13.1 Å². The van der Waals surface area contributed by atoms with Gasteiger partial charge in [0.05, 0.1) is 5.69 Å². The van der Waals surface area contributed by atoms with Gasteiger partial charge in [0, 0.05) is 31.1 Å². The summed E-state index contributed by atoms with van der Waals surface area (Å²) in [4.78, 5) is 14.1. The van der Waals surface area contributed by atoms with E-state index in [9.17, 15) is 4.79 Å². The Balaban J connectivity index is 0.00000161. The van der Waals surface area contributed by atoms with E-state index in [1.165, 1.54) is 5.56 Å². The number of benzene rings is 1. The van der Waals surface area contributed by atoms with Gasteiger partial charge < -0.3 is 15.2 Å². The quantitative estimate of drug-likeness (QED) is 0.920. The van der Waals surface area contributed by atoms with E-state index >= 15 is 0 Å². The first kappa shape index (κ1) is 15.5. The lowest BCUT2D eigenvalue weighted by Crippen LogP contribution is -2.32. The van der Waals surface area contributed by atoms with E-state index in [2.05, 4.69) is 17.3 Å². The summed E-state index contributed by atoms with van der Waals surface area (Å²) >= 11 is 0. The smallest absolute Gasteiger partial charge is 0.292 e. The van der Waals surface area contributed by atoms with E-state index in [-0.39, 0.29) is 36.0 Å². The van der Waals surface area contributed by atoms with E-state index in [0.717, 1.165) is 0 Å².